The zero-order chi connectivity index (χ0) is 15.6. The maximum atomic E-state index is 11.4. The van der Waals surface area contributed by atoms with Gasteiger partial charge >= 0.3 is 5.69 Å². The number of H-pyrrole nitrogens is 2. The average molecular weight is 302 g/mol. The average Bonchev–Trinajstić information content (AvgIpc) is 2.95. The lowest BCUT2D eigenvalue weighted by Crippen LogP contribution is -1.99. The fraction of sp³-hybridized carbons (Fsp3) is 0. The van der Waals surface area contributed by atoms with Gasteiger partial charge in [-0.15, -0.1) is 0 Å². The number of anilines is 2. The van der Waals surface area contributed by atoms with E-state index in [0.29, 0.717) is 0 Å². The molecule has 2 aromatic carbocycles. The summed E-state index contributed by atoms with van der Waals surface area (Å²) >= 11 is 0. The molecular formula is C18H14N4O. The maximum Gasteiger partial charge on any atom is 0.323 e. The van der Waals surface area contributed by atoms with Crippen LogP contribution < -0.4 is 11.0 Å². The predicted molar refractivity (Wildman–Crippen MR) is 91.9 cm³/mol. The van der Waals surface area contributed by atoms with Crippen LogP contribution in [0.5, 0.6) is 0 Å². The van der Waals surface area contributed by atoms with E-state index in [9.17, 15) is 4.79 Å². The molecule has 5 heteroatoms. The van der Waals surface area contributed by atoms with Crippen molar-refractivity contribution in [2.75, 3.05) is 5.32 Å². The number of aromatic amines is 2. The Morgan fingerprint density at radius 3 is 2.48 bits per heavy atom. The first kappa shape index (κ1) is 13.3. The molecule has 2 heterocycles. The van der Waals surface area contributed by atoms with E-state index in [0.717, 1.165) is 33.5 Å². The Labute approximate surface area is 132 Å². The van der Waals surface area contributed by atoms with Crippen molar-refractivity contribution in [3.63, 3.8) is 0 Å². The summed E-state index contributed by atoms with van der Waals surface area (Å²) in [5, 5.41) is 3.33. The number of benzene rings is 2. The number of rotatable bonds is 3. The lowest BCUT2D eigenvalue weighted by atomic mass is 10.1. The molecule has 0 unspecified atom stereocenters. The first-order valence-corrected chi connectivity index (χ1v) is 7.27. The van der Waals surface area contributed by atoms with Gasteiger partial charge in [-0.2, -0.15) is 0 Å². The number of hydrogen-bond donors (Lipinski definition) is 3. The Morgan fingerprint density at radius 2 is 1.61 bits per heavy atom. The van der Waals surface area contributed by atoms with Gasteiger partial charge in [0.05, 0.1) is 22.9 Å². The molecule has 0 radical (unpaired) electrons. The van der Waals surface area contributed by atoms with Crippen LogP contribution in [0.1, 0.15) is 0 Å². The van der Waals surface area contributed by atoms with Gasteiger partial charge in [0.2, 0.25) is 0 Å². The second-order valence-electron chi connectivity index (χ2n) is 5.29. The molecule has 3 N–H and O–H groups in total. The summed E-state index contributed by atoms with van der Waals surface area (Å²) in [6.07, 6.45) is 3.59. The fourth-order valence-electron chi connectivity index (χ4n) is 2.57. The van der Waals surface area contributed by atoms with Crippen LogP contribution in [0.2, 0.25) is 0 Å². The molecular weight excluding hydrogens is 288 g/mol. The minimum Gasteiger partial charge on any atom is -0.354 e. The Balaban J connectivity index is 1.70. The van der Waals surface area contributed by atoms with Gasteiger partial charge in [-0.05, 0) is 35.9 Å². The van der Waals surface area contributed by atoms with Gasteiger partial charge in [0.15, 0.2) is 0 Å². The number of imidazole rings is 1. The lowest BCUT2D eigenvalue weighted by Gasteiger charge is -2.08. The van der Waals surface area contributed by atoms with Crippen LogP contribution >= 0.6 is 0 Å². The number of hydrogen-bond acceptors (Lipinski definition) is 3. The van der Waals surface area contributed by atoms with Crippen LogP contribution in [-0.2, 0) is 0 Å². The fourth-order valence-corrected chi connectivity index (χ4v) is 2.57. The van der Waals surface area contributed by atoms with Crippen molar-refractivity contribution in [2.45, 2.75) is 0 Å². The van der Waals surface area contributed by atoms with Gasteiger partial charge in [0.25, 0.3) is 0 Å². The largest absolute Gasteiger partial charge is 0.354 e. The third kappa shape index (κ3) is 2.72. The summed E-state index contributed by atoms with van der Waals surface area (Å²) in [6, 6.07) is 17.8. The van der Waals surface area contributed by atoms with Crippen molar-refractivity contribution in [1.82, 2.24) is 15.0 Å². The van der Waals surface area contributed by atoms with E-state index < -0.39 is 0 Å². The number of aromatic nitrogens is 3. The molecule has 0 saturated carbocycles. The van der Waals surface area contributed by atoms with Gasteiger partial charge in [0, 0.05) is 17.4 Å². The van der Waals surface area contributed by atoms with E-state index >= 15 is 0 Å². The quantitative estimate of drug-likeness (QED) is 0.540. The Hall–Kier alpha value is -3.34. The Bertz CT molecular complexity index is 1020. The molecule has 0 atom stereocenters. The van der Waals surface area contributed by atoms with E-state index in [2.05, 4.69) is 20.3 Å². The molecule has 0 aliphatic heterocycles. The van der Waals surface area contributed by atoms with Crippen LogP contribution in [0.15, 0.2) is 71.8 Å². The van der Waals surface area contributed by atoms with E-state index in [-0.39, 0.29) is 5.69 Å². The number of para-hydroxylation sites is 1. The Kier molecular flexibility index (Phi) is 3.16. The first-order chi connectivity index (χ1) is 11.3. The van der Waals surface area contributed by atoms with Gasteiger partial charge in [-0.25, -0.2) is 4.79 Å². The molecule has 4 rings (SSSR count). The van der Waals surface area contributed by atoms with Crippen molar-refractivity contribution in [1.29, 1.82) is 0 Å². The van der Waals surface area contributed by atoms with E-state index in [1.165, 1.54) is 0 Å². The molecule has 5 nitrogen and oxygen atoms in total. The molecule has 0 aliphatic rings. The first-order valence-electron chi connectivity index (χ1n) is 7.27. The monoisotopic (exact) mass is 302 g/mol. The highest BCUT2D eigenvalue weighted by Gasteiger charge is 2.04. The number of pyridine rings is 1. The van der Waals surface area contributed by atoms with Gasteiger partial charge in [-0.1, -0.05) is 24.3 Å². The second kappa shape index (κ2) is 5.46. The minimum atomic E-state index is -0.199. The summed E-state index contributed by atoms with van der Waals surface area (Å²) in [6.45, 7) is 0. The predicted octanol–water partition coefficient (Wildman–Crippen LogP) is 3.66. The SMILES string of the molecule is O=c1[nH]c2ccc(-c3cncc(Nc4ccccc4)c3)cc2[nH]1. The lowest BCUT2D eigenvalue weighted by molar-refractivity contribution is 1.22. The molecule has 4 aromatic rings. The summed E-state index contributed by atoms with van der Waals surface area (Å²) in [5.74, 6) is 0. The third-order valence-corrected chi connectivity index (χ3v) is 3.65. The van der Waals surface area contributed by atoms with Gasteiger partial charge in [0.1, 0.15) is 0 Å². The molecule has 0 saturated heterocycles. The van der Waals surface area contributed by atoms with E-state index in [1.807, 2.05) is 60.8 Å². The molecule has 0 fully saturated rings. The molecule has 23 heavy (non-hydrogen) atoms. The summed E-state index contributed by atoms with van der Waals surface area (Å²) in [4.78, 5) is 21.2. The van der Waals surface area contributed by atoms with Crippen LogP contribution in [0.4, 0.5) is 11.4 Å². The number of nitrogens with zero attached hydrogens (tertiary/aromatic N) is 1. The smallest absolute Gasteiger partial charge is 0.323 e. The normalized spacial score (nSPS) is 10.8. The van der Waals surface area contributed by atoms with Crippen molar-refractivity contribution < 1.29 is 0 Å². The highest BCUT2D eigenvalue weighted by atomic mass is 16.1. The standard InChI is InChI=1S/C18H14N4O/c23-18-21-16-7-6-12(9-17(16)22-18)13-8-15(11-19-10-13)20-14-4-2-1-3-5-14/h1-11,20H,(H2,21,22,23). The molecule has 0 bridgehead atoms. The molecule has 2 aromatic heterocycles. The minimum absolute atomic E-state index is 0.199. The number of nitrogens with one attached hydrogen (secondary N) is 3. The van der Waals surface area contributed by atoms with Crippen LogP contribution in [-0.4, -0.2) is 15.0 Å². The van der Waals surface area contributed by atoms with Crippen LogP contribution in [0.3, 0.4) is 0 Å². The van der Waals surface area contributed by atoms with Crippen molar-refractivity contribution >= 4 is 22.4 Å². The van der Waals surface area contributed by atoms with Crippen LogP contribution in [0.25, 0.3) is 22.2 Å². The van der Waals surface area contributed by atoms with Crippen molar-refractivity contribution in [2.24, 2.45) is 0 Å². The molecule has 112 valence electrons. The highest BCUT2D eigenvalue weighted by Crippen LogP contribution is 2.25. The Morgan fingerprint density at radius 1 is 0.783 bits per heavy atom. The zero-order valence-corrected chi connectivity index (χ0v) is 12.2. The summed E-state index contributed by atoms with van der Waals surface area (Å²) in [5.41, 5.74) is 5.29. The highest BCUT2D eigenvalue weighted by molar-refractivity contribution is 5.82. The maximum absolute atomic E-state index is 11.4. The van der Waals surface area contributed by atoms with Gasteiger partial charge in [-0.3, -0.25) is 4.98 Å². The topological polar surface area (TPSA) is 73.6 Å². The zero-order valence-electron chi connectivity index (χ0n) is 12.2. The van der Waals surface area contributed by atoms with Gasteiger partial charge < -0.3 is 15.3 Å². The molecule has 0 aliphatic carbocycles. The summed E-state index contributed by atoms with van der Waals surface area (Å²) in [7, 11) is 0. The third-order valence-electron chi connectivity index (χ3n) is 3.65. The molecule has 0 amide bonds. The van der Waals surface area contributed by atoms with E-state index in [1.54, 1.807) is 6.20 Å². The second-order valence-corrected chi connectivity index (χ2v) is 5.29. The number of fused-ring (bicyclic) bond motifs is 1. The van der Waals surface area contributed by atoms with Crippen molar-refractivity contribution in [3.05, 3.63) is 77.5 Å². The summed E-state index contributed by atoms with van der Waals surface area (Å²) < 4.78 is 0. The van der Waals surface area contributed by atoms with Crippen molar-refractivity contribution in [3.8, 4) is 11.1 Å². The van der Waals surface area contributed by atoms with E-state index in [4.69, 9.17) is 0 Å². The van der Waals surface area contributed by atoms with Crippen LogP contribution in [0, 0.1) is 0 Å². The molecule has 0 spiro atoms.